The number of nitrogens with zero attached hydrogens (tertiary/aromatic N) is 1. The van der Waals surface area contributed by atoms with Crippen molar-refractivity contribution in [1.29, 1.82) is 0 Å². The molecule has 2 aromatic rings. The number of aromatic nitrogens is 1. The van der Waals surface area contributed by atoms with Gasteiger partial charge in [0.1, 0.15) is 11.6 Å². The van der Waals surface area contributed by atoms with Gasteiger partial charge in [0.15, 0.2) is 0 Å². The zero-order chi connectivity index (χ0) is 21.1. The zero-order valence-corrected chi connectivity index (χ0v) is 16.9. The molecule has 1 amide bonds. The number of carboxylic acid groups (broad SMARTS) is 1. The van der Waals surface area contributed by atoms with Crippen molar-refractivity contribution in [2.45, 2.75) is 38.8 Å². The van der Waals surface area contributed by atoms with Crippen molar-refractivity contribution in [2.75, 3.05) is 0 Å². The Morgan fingerprint density at radius 1 is 1.25 bits per heavy atom. The van der Waals surface area contributed by atoms with Gasteiger partial charge in [-0.25, -0.2) is 9.59 Å². The van der Waals surface area contributed by atoms with Crippen LogP contribution in [0.5, 0.6) is 0 Å². The van der Waals surface area contributed by atoms with Crippen molar-refractivity contribution in [3.05, 3.63) is 57.5 Å². The predicted molar refractivity (Wildman–Crippen MR) is 107 cm³/mol. The molecule has 1 atom stereocenters. The second kappa shape index (κ2) is 8.48. The van der Waals surface area contributed by atoms with Crippen molar-refractivity contribution >= 4 is 23.7 Å². The van der Waals surface area contributed by atoms with Crippen LogP contribution in [0.2, 0.25) is 5.02 Å². The first kappa shape index (κ1) is 21.5. The third-order valence-electron chi connectivity index (χ3n) is 3.84. The Bertz CT molecular complexity index is 929. The van der Waals surface area contributed by atoms with Gasteiger partial charge >= 0.3 is 12.1 Å². The summed E-state index contributed by atoms with van der Waals surface area (Å²) in [5.41, 5.74) is 0.887. The van der Waals surface area contributed by atoms with E-state index >= 15 is 0 Å². The number of carbonyl (C=O) groups excluding carboxylic acids is 1. The lowest BCUT2D eigenvalue weighted by molar-refractivity contribution is -0.139. The van der Waals surface area contributed by atoms with Crippen LogP contribution < -0.4 is 10.9 Å². The number of hydrogen-bond donors (Lipinski definition) is 2. The highest BCUT2D eigenvalue weighted by atomic mass is 35.5. The number of halogens is 1. The maximum absolute atomic E-state index is 12.3. The summed E-state index contributed by atoms with van der Waals surface area (Å²) in [4.78, 5) is 35.6. The van der Waals surface area contributed by atoms with Crippen molar-refractivity contribution in [3.63, 3.8) is 0 Å². The summed E-state index contributed by atoms with van der Waals surface area (Å²) in [6, 6.07) is 7.30. The van der Waals surface area contributed by atoms with Crippen LogP contribution >= 0.6 is 11.6 Å². The summed E-state index contributed by atoms with van der Waals surface area (Å²) in [5.74, 6) is -1.17. The highest BCUT2D eigenvalue weighted by Crippen LogP contribution is 2.20. The van der Waals surface area contributed by atoms with Gasteiger partial charge in [0.25, 0.3) is 5.56 Å². The van der Waals surface area contributed by atoms with Crippen LogP contribution in [0.3, 0.4) is 0 Å². The molecule has 0 aliphatic rings. The first-order valence-electron chi connectivity index (χ1n) is 8.64. The number of alkyl carbamates (subject to hydrolysis) is 1. The van der Waals surface area contributed by atoms with Crippen molar-refractivity contribution < 1.29 is 19.4 Å². The van der Waals surface area contributed by atoms with Gasteiger partial charge in [0.2, 0.25) is 0 Å². The largest absolute Gasteiger partial charge is 0.480 e. The topological polar surface area (TPSA) is 97.6 Å². The van der Waals surface area contributed by atoms with Gasteiger partial charge in [-0.05, 0) is 38.0 Å². The number of amides is 1. The molecule has 2 rings (SSSR count). The van der Waals surface area contributed by atoms with E-state index in [1.165, 1.54) is 10.8 Å². The van der Waals surface area contributed by atoms with E-state index in [0.29, 0.717) is 21.7 Å². The lowest BCUT2D eigenvalue weighted by Crippen LogP contribution is -2.44. The molecule has 1 aromatic heterocycles. The smallest absolute Gasteiger partial charge is 0.408 e. The fourth-order valence-electron chi connectivity index (χ4n) is 2.58. The molecule has 28 heavy (non-hydrogen) atoms. The minimum Gasteiger partial charge on any atom is -0.480 e. The molecule has 0 bridgehead atoms. The maximum atomic E-state index is 12.3. The van der Waals surface area contributed by atoms with Crippen molar-refractivity contribution in [3.8, 4) is 11.1 Å². The molecule has 2 N–H and O–H groups in total. The van der Waals surface area contributed by atoms with Crippen LogP contribution in [0.15, 0.2) is 41.3 Å². The second-order valence-corrected chi connectivity index (χ2v) is 7.86. The first-order valence-corrected chi connectivity index (χ1v) is 9.02. The molecule has 1 heterocycles. The molecule has 8 heteroatoms. The molecule has 0 radical (unpaired) electrons. The molecule has 1 aromatic carbocycles. The Kier molecular flexibility index (Phi) is 6.51. The van der Waals surface area contributed by atoms with Gasteiger partial charge in [0, 0.05) is 25.2 Å². The molecule has 0 spiro atoms. The Hall–Kier alpha value is -2.80. The third-order valence-corrected chi connectivity index (χ3v) is 4.05. The number of ether oxygens (including phenoxy) is 1. The predicted octanol–water partition coefficient (Wildman–Crippen LogP) is 3.23. The summed E-state index contributed by atoms with van der Waals surface area (Å²) in [6.45, 7) is 5.09. The van der Waals surface area contributed by atoms with E-state index in [2.05, 4.69) is 5.32 Å². The number of nitrogens with one attached hydrogen (secondary N) is 1. The molecular formula is C20H23ClN2O5. The van der Waals surface area contributed by atoms with E-state index in [4.69, 9.17) is 16.3 Å². The number of carboxylic acids is 1. The SMILES string of the molecule is Cn1cc(Cl)cc(-c2ccc(C[C@H](NC(=O)OC(C)(C)C)C(=O)O)cc2)c1=O. The first-order chi connectivity index (χ1) is 13.0. The van der Waals surface area contributed by atoms with E-state index in [1.54, 1.807) is 58.2 Å². The standard InChI is InChI=1S/C20H23ClN2O5/c1-20(2,3)28-19(27)22-16(18(25)26)9-12-5-7-13(8-6-12)15-10-14(21)11-23(4)17(15)24/h5-8,10-11,16H,9H2,1-4H3,(H,22,27)(H,25,26)/t16-/m0/s1. The highest BCUT2D eigenvalue weighted by molar-refractivity contribution is 6.30. The number of rotatable bonds is 5. The third kappa shape index (κ3) is 5.85. The number of benzene rings is 1. The number of carbonyl (C=O) groups is 2. The van der Waals surface area contributed by atoms with Crippen LogP contribution in [-0.2, 0) is 23.0 Å². The second-order valence-electron chi connectivity index (χ2n) is 7.43. The van der Waals surface area contributed by atoms with Gasteiger partial charge in [-0.1, -0.05) is 35.9 Å². The highest BCUT2D eigenvalue weighted by Gasteiger charge is 2.24. The van der Waals surface area contributed by atoms with E-state index in [0.717, 1.165) is 0 Å². The summed E-state index contributed by atoms with van der Waals surface area (Å²) < 4.78 is 6.51. The molecule has 0 unspecified atom stereocenters. The maximum Gasteiger partial charge on any atom is 0.408 e. The van der Waals surface area contributed by atoms with Gasteiger partial charge in [0.05, 0.1) is 5.02 Å². The van der Waals surface area contributed by atoms with E-state index in [1.807, 2.05) is 0 Å². The minimum absolute atomic E-state index is 0.0718. The summed E-state index contributed by atoms with van der Waals surface area (Å²) in [7, 11) is 1.62. The van der Waals surface area contributed by atoms with Crippen molar-refractivity contribution in [2.24, 2.45) is 7.05 Å². The monoisotopic (exact) mass is 406 g/mol. The molecule has 0 aliphatic carbocycles. The number of hydrogen-bond acceptors (Lipinski definition) is 4. The van der Waals surface area contributed by atoms with Gasteiger partial charge in [-0.15, -0.1) is 0 Å². The summed E-state index contributed by atoms with van der Waals surface area (Å²) in [5, 5.41) is 12.2. The fraction of sp³-hybridized carbons (Fsp3) is 0.350. The lowest BCUT2D eigenvalue weighted by Gasteiger charge is -2.22. The summed E-state index contributed by atoms with van der Waals surface area (Å²) >= 11 is 6.02. The molecule has 0 fully saturated rings. The Morgan fingerprint density at radius 2 is 1.86 bits per heavy atom. The van der Waals surface area contributed by atoms with Gasteiger partial charge < -0.3 is 19.7 Å². The average molecular weight is 407 g/mol. The molecule has 0 aliphatic heterocycles. The van der Waals surface area contributed by atoms with E-state index in [-0.39, 0.29) is 12.0 Å². The molecule has 0 saturated carbocycles. The Balaban J connectivity index is 2.17. The van der Waals surface area contributed by atoms with E-state index in [9.17, 15) is 19.5 Å². The van der Waals surface area contributed by atoms with Crippen LogP contribution in [0, 0.1) is 0 Å². The lowest BCUT2D eigenvalue weighted by atomic mass is 10.0. The average Bonchev–Trinajstić information content (AvgIpc) is 2.56. The van der Waals surface area contributed by atoms with Crippen LogP contribution in [0.1, 0.15) is 26.3 Å². The number of aliphatic carboxylic acids is 1. The molecule has 150 valence electrons. The molecule has 0 saturated heterocycles. The normalized spacial score (nSPS) is 12.3. The van der Waals surface area contributed by atoms with Crippen molar-refractivity contribution in [1.82, 2.24) is 9.88 Å². The fourth-order valence-corrected chi connectivity index (χ4v) is 2.84. The van der Waals surface area contributed by atoms with Crippen LogP contribution in [0.4, 0.5) is 4.79 Å². The van der Waals surface area contributed by atoms with Gasteiger partial charge in [-0.3, -0.25) is 4.79 Å². The minimum atomic E-state index is -1.17. The van der Waals surface area contributed by atoms with Crippen LogP contribution in [-0.4, -0.2) is 33.4 Å². The van der Waals surface area contributed by atoms with Crippen LogP contribution in [0.25, 0.3) is 11.1 Å². The van der Waals surface area contributed by atoms with E-state index < -0.39 is 23.7 Å². The van der Waals surface area contributed by atoms with Gasteiger partial charge in [-0.2, -0.15) is 0 Å². The molecule has 7 nitrogen and oxygen atoms in total. The number of aryl methyl sites for hydroxylation is 1. The molecular weight excluding hydrogens is 384 g/mol. The quantitative estimate of drug-likeness (QED) is 0.794. The Morgan fingerprint density at radius 3 is 2.39 bits per heavy atom. The number of pyridine rings is 1. The Labute approximate surface area is 167 Å². The zero-order valence-electron chi connectivity index (χ0n) is 16.2. The summed E-state index contributed by atoms with van der Waals surface area (Å²) in [6.07, 6.45) is 0.809.